The molecule has 0 bridgehead atoms. The summed E-state index contributed by atoms with van der Waals surface area (Å²) in [6.07, 6.45) is 3.47. The van der Waals surface area contributed by atoms with Crippen LogP contribution in [0, 0.1) is 34.6 Å². The predicted octanol–water partition coefficient (Wildman–Crippen LogP) is 5.63. The highest BCUT2D eigenvalue weighted by Crippen LogP contribution is 2.30. The number of rotatable bonds is 7. The first-order valence-corrected chi connectivity index (χ1v) is 12.5. The third-order valence-corrected chi connectivity index (χ3v) is 7.16. The Bertz CT molecular complexity index is 1560. The van der Waals surface area contributed by atoms with Crippen LogP contribution in [0.5, 0.6) is 0 Å². The highest BCUT2D eigenvalue weighted by Gasteiger charge is 2.21. The van der Waals surface area contributed by atoms with Gasteiger partial charge in [0, 0.05) is 41.0 Å². The third-order valence-electron chi connectivity index (χ3n) is 6.23. The van der Waals surface area contributed by atoms with Gasteiger partial charge in [-0.25, -0.2) is 0 Å². The van der Waals surface area contributed by atoms with Crippen molar-refractivity contribution in [3.8, 4) is 22.9 Å². The molecular formula is C27H26N6O2S. The molecule has 0 atom stereocenters. The van der Waals surface area contributed by atoms with Crippen molar-refractivity contribution in [2.45, 2.75) is 39.8 Å². The zero-order valence-corrected chi connectivity index (χ0v) is 21.6. The molecule has 0 unspecified atom stereocenters. The predicted molar refractivity (Wildman–Crippen MR) is 139 cm³/mol. The lowest BCUT2D eigenvalue weighted by Gasteiger charge is -2.12. The van der Waals surface area contributed by atoms with E-state index in [1.165, 1.54) is 22.9 Å². The lowest BCUT2D eigenvalue weighted by molar-refractivity contribution is 0.102. The van der Waals surface area contributed by atoms with E-state index in [0.717, 1.165) is 28.4 Å². The molecule has 0 saturated heterocycles. The summed E-state index contributed by atoms with van der Waals surface area (Å²) in [5, 5.41) is 13.7. The van der Waals surface area contributed by atoms with Crippen molar-refractivity contribution in [1.82, 2.24) is 29.5 Å². The molecular weight excluding hydrogens is 472 g/mol. The third kappa shape index (κ3) is 4.37. The van der Waals surface area contributed by atoms with Gasteiger partial charge in [0.1, 0.15) is 5.76 Å². The molecule has 182 valence electrons. The number of pyridine rings is 1. The van der Waals surface area contributed by atoms with E-state index < -0.39 is 0 Å². The maximum atomic E-state index is 13.3. The number of aromatic nitrogens is 6. The molecule has 0 fully saturated rings. The number of benzene rings is 1. The number of carbonyl (C=O) groups excluding carboxylic acids is 1. The minimum Gasteiger partial charge on any atom is -0.360 e. The van der Waals surface area contributed by atoms with E-state index in [2.05, 4.69) is 52.4 Å². The summed E-state index contributed by atoms with van der Waals surface area (Å²) in [6.45, 7) is 9.89. The fourth-order valence-electron chi connectivity index (χ4n) is 4.21. The van der Waals surface area contributed by atoms with Crippen LogP contribution < -0.4 is 0 Å². The number of ketones is 1. The summed E-state index contributed by atoms with van der Waals surface area (Å²) in [7, 11) is 0. The Morgan fingerprint density at radius 3 is 2.39 bits per heavy atom. The molecule has 0 radical (unpaired) electrons. The van der Waals surface area contributed by atoms with Crippen LogP contribution in [0.1, 0.15) is 38.6 Å². The zero-order valence-electron chi connectivity index (χ0n) is 20.8. The maximum absolute atomic E-state index is 13.3. The van der Waals surface area contributed by atoms with Crippen LogP contribution in [-0.2, 0) is 0 Å². The number of thioether (sulfide) groups is 1. The summed E-state index contributed by atoms with van der Waals surface area (Å²) >= 11 is 1.37. The summed E-state index contributed by atoms with van der Waals surface area (Å²) < 4.78 is 9.17. The fraction of sp³-hybridized carbons (Fsp3) is 0.222. The molecule has 4 aromatic heterocycles. The Kier molecular flexibility index (Phi) is 6.32. The van der Waals surface area contributed by atoms with Crippen molar-refractivity contribution in [2.24, 2.45) is 0 Å². The van der Waals surface area contributed by atoms with Gasteiger partial charge in [-0.2, -0.15) is 0 Å². The van der Waals surface area contributed by atoms with Gasteiger partial charge in [-0.1, -0.05) is 23.0 Å². The standard InChI is InChI=1S/C27H26N6O2S/c1-16-6-7-22(12-17(16)2)33-26(21-8-10-28-11-9-21)29-30-27(33)36-15-24(34)23-13-18(3)32(20(23)5)25-14-19(4)35-31-25/h6-14H,15H2,1-5H3. The quantitative estimate of drug-likeness (QED) is 0.212. The minimum absolute atomic E-state index is 0.0136. The molecule has 0 aliphatic carbocycles. The van der Waals surface area contributed by atoms with Crippen LogP contribution in [-0.4, -0.2) is 41.0 Å². The number of nitrogens with zero attached hydrogens (tertiary/aromatic N) is 6. The highest BCUT2D eigenvalue weighted by atomic mass is 32.2. The molecule has 0 saturated carbocycles. The summed E-state index contributed by atoms with van der Waals surface area (Å²) in [5.74, 6) is 2.33. The fourth-order valence-corrected chi connectivity index (χ4v) is 5.05. The number of Topliss-reactive ketones (excluding diaryl/α,β-unsaturated/α-hetero) is 1. The van der Waals surface area contributed by atoms with Crippen molar-refractivity contribution in [2.75, 3.05) is 5.75 Å². The van der Waals surface area contributed by atoms with E-state index in [4.69, 9.17) is 4.52 Å². The molecule has 9 heteroatoms. The van der Waals surface area contributed by atoms with Crippen molar-refractivity contribution in [1.29, 1.82) is 0 Å². The summed E-state index contributed by atoms with van der Waals surface area (Å²) in [5.41, 5.74) is 6.65. The molecule has 5 aromatic rings. The minimum atomic E-state index is 0.0136. The molecule has 36 heavy (non-hydrogen) atoms. The smallest absolute Gasteiger partial charge is 0.196 e. The van der Waals surface area contributed by atoms with Crippen molar-refractivity contribution < 1.29 is 9.32 Å². The first-order chi connectivity index (χ1) is 17.3. The molecule has 0 amide bonds. The molecule has 0 N–H and O–H groups in total. The van der Waals surface area contributed by atoms with E-state index >= 15 is 0 Å². The van der Waals surface area contributed by atoms with Gasteiger partial charge in [0.15, 0.2) is 22.6 Å². The Labute approximate surface area is 213 Å². The van der Waals surface area contributed by atoms with Crippen LogP contribution in [0.2, 0.25) is 0 Å². The Morgan fingerprint density at radius 2 is 1.69 bits per heavy atom. The average Bonchev–Trinajstić information content (AvgIpc) is 3.56. The van der Waals surface area contributed by atoms with Gasteiger partial charge < -0.3 is 4.52 Å². The van der Waals surface area contributed by atoms with E-state index in [1.807, 2.05) is 54.2 Å². The Morgan fingerprint density at radius 1 is 0.917 bits per heavy atom. The molecule has 0 aliphatic rings. The largest absolute Gasteiger partial charge is 0.360 e. The number of carbonyl (C=O) groups is 1. The van der Waals surface area contributed by atoms with Crippen LogP contribution in [0.25, 0.3) is 22.9 Å². The van der Waals surface area contributed by atoms with E-state index in [0.29, 0.717) is 22.4 Å². The summed E-state index contributed by atoms with van der Waals surface area (Å²) in [6, 6.07) is 13.8. The van der Waals surface area contributed by atoms with Gasteiger partial charge >= 0.3 is 0 Å². The van der Waals surface area contributed by atoms with Gasteiger partial charge in [0.05, 0.1) is 11.4 Å². The SMILES string of the molecule is Cc1cc(-n2c(C)cc(C(=O)CSc3nnc(-c4ccncc4)n3-c3ccc(C)c(C)c3)c2C)no1. The van der Waals surface area contributed by atoms with E-state index in [-0.39, 0.29) is 11.5 Å². The second-order valence-corrected chi connectivity index (χ2v) is 9.72. The molecule has 8 nitrogen and oxygen atoms in total. The zero-order chi connectivity index (χ0) is 25.4. The molecule has 5 rings (SSSR count). The van der Waals surface area contributed by atoms with Crippen LogP contribution >= 0.6 is 11.8 Å². The van der Waals surface area contributed by atoms with Crippen molar-refractivity contribution in [3.05, 3.63) is 88.7 Å². The van der Waals surface area contributed by atoms with E-state index in [9.17, 15) is 4.79 Å². The van der Waals surface area contributed by atoms with Crippen molar-refractivity contribution >= 4 is 17.5 Å². The molecule has 0 spiro atoms. The van der Waals surface area contributed by atoms with Crippen molar-refractivity contribution in [3.63, 3.8) is 0 Å². The first kappa shape index (κ1) is 23.7. The normalized spacial score (nSPS) is 11.2. The Balaban J connectivity index is 1.47. The number of hydrogen-bond donors (Lipinski definition) is 0. The lowest BCUT2D eigenvalue weighted by atomic mass is 10.1. The number of hydrogen-bond acceptors (Lipinski definition) is 7. The van der Waals surface area contributed by atoms with Gasteiger partial charge in [0.2, 0.25) is 0 Å². The van der Waals surface area contributed by atoms with Gasteiger partial charge in [-0.3, -0.25) is 18.9 Å². The van der Waals surface area contributed by atoms with E-state index in [1.54, 1.807) is 12.4 Å². The second kappa shape index (κ2) is 9.58. The monoisotopic (exact) mass is 498 g/mol. The van der Waals surface area contributed by atoms with Gasteiger partial charge in [-0.15, -0.1) is 10.2 Å². The molecule has 1 aromatic carbocycles. The second-order valence-electron chi connectivity index (χ2n) is 8.77. The van der Waals surface area contributed by atoms with Crippen LogP contribution in [0.15, 0.2) is 64.5 Å². The lowest BCUT2D eigenvalue weighted by Crippen LogP contribution is -2.07. The van der Waals surface area contributed by atoms with Gasteiger partial charge in [0.25, 0.3) is 0 Å². The molecule has 4 heterocycles. The average molecular weight is 499 g/mol. The maximum Gasteiger partial charge on any atom is 0.196 e. The highest BCUT2D eigenvalue weighted by molar-refractivity contribution is 7.99. The van der Waals surface area contributed by atoms with Crippen LogP contribution in [0.3, 0.4) is 0 Å². The molecule has 0 aliphatic heterocycles. The van der Waals surface area contributed by atoms with Crippen LogP contribution in [0.4, 0.5) is 0 Å². The van der Waals surface area contributed by atoms with Gasteiger partial charge in [-0.05, 0) is 76.1 Å². The topological polar surface area (TPSA) is 91.6 Å². The number of aryl methyl sites for hydroxylation is 4. The summed E-state index contributed by atoms with van der Waals surface area (Å²) in [4.78, 5) is 17.4. The first-order valence-electron chi connectivity index (χ1n) is 11.6. The Hall–Kier alpha value is -3.98.